The van der Waals surface area contributed by atoms with E-state index >= 15 is 0 Å². The summed E-state index contributed by atoms with van der Waals surface area (Å²) in [7, 11) is 1.56. The molecule has 2 rings (SSSR count). The Bertz CT molecular complexity index is 483. The lowest BCUT2D eigenvalue weighted by Gasteiger charge is -2.35. The van der Waals surface area contributed by atoms with Crippen LogP contribution in [0.3, 0.4) is 0 Å². The van der Waals surface area contributed by atoms with Crippen LogP contribution < -0.4 is 10.1 Å². The number of rotatable bonds is 5. The first-order valence-corrected chi connectivity index (χ1v) is 5.97. The van der Waals surface area contributed by atoms with Crippen molar-refractivity contribution < 1.29 is 19.4 Å². The predicted octanol–water partition coefficient (Wildman–Crippen LogP) is 0.650. The largest absolute Gasteiger partial charge is 0.497 e. The molecule has 1 aromatic rings. The van der Waals surface area contributed by atoms with E-state index in [4.69, 9.17) is 9.84 Å². The van der Waals surface area contributed by atoms with E-state index in [0.29, 0.717) is 24.5 Å². The normalized spacial score (nSPS) is 15.6. The second-order valence-electron chi connectivity index (χ2n) is 4.51. The Hall–Kier alpha value is -2.08. The van der Waals surface area contributed by atoms with Gasteiger partial charge in [0, 0.05) is 24.8 Å². The smallest absolute Gasteiger partial charge is 0.309 e. The third kappa shape index (κ3) is 3.45. The quantitative estimate of drug-likeness (QED) is 0.816. The highest BCUT2D eigenvalue weighted by Gasteiger charge is 2.33. The molecule has 19 heavy (non-hydrogen) atoms. The number of nitrogens with zero attached hydrogens (tertiary/aromatic N) is 1. The van der Waals surface area contributed by atoms with Crippen LogP contribution in [-0.4, -0.2) is 48.6 Å². The molecule has 0 unspecified atom stereocenters. The molecule has 1 amide bonds. The minimum absolute atomic E-state index is 0.155. The van der Waals surface area contributed by atoms with E-state index in [-0.39, 0.29) is 18.4 Å². The number of carbonyl (C=O) groups excluding carboxylic acids is 1. The third-order valence-electron chi connectivity index (χ3n) is 3.03. The highest BCUT2D eigenvalue weighted by molar-refractivity contribution is 5.92. The topological polar surface area (TPSA) is 78.9 Å². The van der Waals surface area contributed by atoms with Gasteiger partial charge in [0.25, 0.3) is 0 Å². The molecule has 2 N–H and O–H groups in total. The molecule has 0 aromatic heterocycles. The summed E-state index contributed by atoms with van der Waals surface area (Å²) in [6.45, 7) is 1.07. The monoisotopic (exact) mass is 264 g/mol. The molecular weight excluding hydrogens is 248 g/mol. The van der Waals surface area contributed by atoms with Crippen LogP contribution in [0.2, 0.25) is 0 Å². The van der Waals surface area contributed by atoms with E-state index in [1.807, 2.05) is 0 Å². The van der Waals surface area contributed by atoms with Gasteiger partial charge in [-0.05, 0) is 12.1 Å². The Kier molecular flexibility index (Phi) is 4.01. The number of aliphatic carboxylic acids is 1. The van der Waals surface area contributed by atoms with Gasteiger partial charge in [-0.15, -0.1) is 0 Å². The first-order chi connectivity index (χ1) is 9.08. The fourth-order valence-electron chi connectivity index (χ4n) is 1.96. The molecule has 1 fully saturated rings. The molecule has 1 aliphatic rings. The van der Waals surface area contributed by atoms with Crippen molar-refractivity contribution in [2.45, 2.75) is 0 Å². The number of likely N-dealkylation sites (tertiary alicyclic amines) is 1. The standard InChI is InChI=1S/C13H16N2O4/c1-19-11-4-2-3-10(5-11)14-12(16)8-15-6-9(7-15)13(17)18/h2-5,9H,6-8H2,1H3,(H,14,16)(H,17,18). The molecule has 1 aliphatic heterocycles. The lowest BCUT2D eigenvalue weighted by molar-refractivity contribution is -0.148. The Morgan fingerprint density at radius 2 is 2.21 bits per heavy atom. The number of nitrogens with one attached hydrogen (secondary N) is 1. The summed E-state index contributed by atoms with van der Waals surface area (Å²) in [4.78, 5) is 24.2. The molecule has 6 nitrogen and oxygen atoms in total. The van der Waals surface area contributed by atoms with Crippen molar-refractivity contribution in [1.82, 2.24) is 4.90 Å². The number of carboxylic acids is 1. The SMILES string of the molecule is COc1cccc(NC(=O)CN2CC(C(=O)O)C2)c1. The van der Waals surface area contributed by atoms with Gasteiger partial charge in [-0.1, -0.05) is 6.07 Å². The molecule has 0 bridgehead atoms. The van der Waals surface area contributed by atoms with Gasteiger partial charge in [0.2, 0.25) is 5.91 Å². The molecule has 0 saturated carbocycles. The Balaban J connectivity index is 1.80. The molecule has 6 heteroatoms. The summed E-state index contributed by atoms with van der Waals surface area (Å²) in [5.74, 6) is -0.626. The van der Waals surface area contributed by atoms with Gasteiger partial charge in [0.1, 0.15) is 5.75 Å². The van der Waals surface area contributed by atoms with Crippen LogP contribution in [0.25, 0.3) is 0 Å². The van der Waals surface area contributed by atoms with E-state index in [2.05, 4.69) is 5.32 Å². The average molecular weight is 264 g/mol. The maximum atomic E-state index is 11.8. The molecule has 0 atom stereocenters. The summed E-state index contributed by atoms with van der Waals surface area (Å²) < 4.78 is 5.06. The van der Waals surface area contributed by atoms with Crippen molar-refractivity contribution in [3.05, 3.63) is 24.3 Å². The van der Waals surface area contributed by atoms with Crippen LogP contribution in [-0.2, 0) is 9.59 Å². The van der Waals surface area contributed by atoms with Gasteiger partial charge in [-0.3, -0.25) is 14.5 Å². The predicted molar refractivity (Wildman–Crippen MR) is 69.2 cm³/mol. The van der Waals surface area contributed by atoms with E-state index < -0.39 is 5.97 Å². The number of anilines is 1. The van der Waals surface area contributed by atoms with Gasteiger partial charge in [0.05, 0.1) is 19.6 Å². The zero-order chi connectivity index (χ0) is 13.8. The summed E-state index contributed by atoms with van der Waals surface area (Å²) in [6.07, 6.45) is 0. The first kappa shape index (κ1) is 13.4. The Morgan fingerprint density at radius 3 is 2.84 bits per heavy atom. The summed E-state index contributed by atoms with van der Waals surface area (Å²) in [6, 6.07) is 7.09. The number of hydrogen-bond donors (Lipinski definition) is 2. The Morgan fingerprint density at radius 1 is 1.47 bits per heavy atom. The van der Waals surface area contributed by atoms with E-state index in [0.717, 1.165) is 0 Å². The minimum Gasteiger partial charge on any atom is -0.497 e. The van der Waals surface area contributed by atoms with Crippen LogP contribution in [0.4, 0.5) is 5.69 Å². The third-order valence-corrected chi connectivity index (χ3v) is 3.03. The van der Waals surface area contributed by atoms with Crippen molar-refractivity contribution in [3.8, 4) is 5.75 Å². The van der Waals surface area contributed by atoms with Gasteiger partial charge in [-0.25, -0.2) is 0 Å². The average Bonchev–Trinajstić information content (AvgIpc) is 2.33. The van der Waals surface area contributed by atoms with Crippen LogP contribution in [0.1, 0.15) is 0 Å². The number of methoxy groups -OCH3 is 1. The minimum atomic E-state index is -0.801. The highest BCUT2D eigenvalue weighted by atomic mass is 16.5. The zero-order valence-electron chi connectivity index (χ0n) is 10.6. The fraction of sp³-hybridized carbons (Fsp3) is 0.385. The molecule has 1 aromatic carbocycles. The number of benzene rings is 1. The van der Waals surface area contributed by atoms with Crippen molar-refractivity contribution in [3.63, 3.8) is 0 Å². The van der Waals surface area contributed by atoms with E-state index in [9.17, 15) is 9.59 Å². The Labute approximate surface area is 111 Å². The maximum Gasteiger partial charge on any atom is 0.309 e. The molecule has 0 radical (unpaired) electrons. The highest BCUT2D eigenvalue weighted by Crippen LogP contribution is 2.18. The second kappa shape index (κ2) is 5.71. The van der Waals surface area contributed by atoms with Gasteiger partial charge < -0.3 is 15.2 Å². The van der Waals surface area contributed by atoms with E-state index in [1.54, 1.807) is 36.3 Å². The van der Waals surface area contributed by atoms with Gasteiger partial charge in [0.15, 0.2) is 0 Å². The van der Waals surface area contributed by atoms with Crippen LogP contribution >= 0.6 is 0 Å². The fourth-order valence-corrected chi connectivity index (χ4v) is 1.96. The first-order valence-electron chi connectivity index (χ1n) is 5.97. The lowest BCUT2D eigenvalue weighted by atomic mass is 10.0. The van der Waals surface area contributed by atoms with Gasteiger partial charge in [-0.2, -0.15) is 0 Å². The van der Waals surface area contributed by atoms with Crippen molar-refractivity contribution in [1.29, 1.82) is 0 Å². The molecule has 102 valence electrons. The summed E-state index contributed by atoms with van der Waals surface area (Å²) >= 11 is 0. The molecule has 0 aliphatic carbocycles. The zero-order valence-corrected chi connectivity index (χ0v) is 10.6. The van der Waals surface area contributed by atoms with Crippen molar-refractivity contribution >= 4 is 17.6 Å². The number of hydrogen-bond acceptors (Lipinski definition) is 4. The number of carboxylic acid groups (broad SMARTS) is 1. The number of carbonyl (C=O) groups is 2. The van der Waals surface area contributed by atoms with Crippen molar-refractivity contribution in [2.24, 2.45) is 5.92 Å². The molecule has 1 heterocycles. The summed E-state index contributed by atoms with van der Waals surface area (Å²) in [5.41, 5.74) is 0.666. The summed E-state index contributed by atoms with van der Waals surface area (Å²) in [5, 5.41) is 11.5. The van der Waals surface area contributed by atoms with Gasteiger partial charge >= 0.3 is 5.97 Å². The molecule has 1 saturated heterocycles. The molecule has 0 spiro atoms. The van der Waals surface area contributed by atoms with Crippen LogP contribution in [0.15, 0.2) is 24.3 Å². The van der Waals surface area contributed by atoms with E-state index in [1.165, 1.54) is 0 Å². The van der Waals surface area contributed by atoms with Crippen LogP contribution in [0, 0.1) is 5.92 Å². The maximum absolute atomic E-state index is 11.8. The molecular formula is C13H16N2O4. The van der Waals surface area contributed by atoms with Crippen LogP contribution in [0.5, 0.6) is 5.75 Å². The second-order valence-corrected chi connectivity index (χ2v) is 4.51. The number of ether oxygens (including phenoxy) is 1. The lowest BCUT2D eigenvalue weighted by Crippen LogP contribution is -2.52. The number of amides is 1. The van der Waals surface area contributed by atoms with Crippen molar-refractivity contribution in [2.75, 3.05) is 32.1 Å².